The third kappa shape index (κ3) is 3.51. The number of carboxylic acids is 1. The lowest BCUT2D eigenvalue weighted by molar-refractivity contribution is 0.0696. The average molecular weight is 429 g/mol. The molecule has 0 aliphatic heterocycles. The number of pyridine rings is 2. The second-order valence-electron chi connectivity index (χ2n) is 7.37. The summed E-state index contributed by atoms with van der Waals surface area (Å²) in [6.45, 7) is 2.34. The number of hydrogen-bond donors (Lipinski definition) is 2. The lowest BCUT2D eigenvalue weighted by Crippen LogP contribution is -2.10. The van der Waals surface area contributed by atoms with Crippen LogP contribution >= 0.6 is 0 Å². The molecule has 0 fully saturated rings. The number of nitrogens with zero attached hydrogens (tertiary/aromatic N) is 6. The van der Waals surface area contributed by atoms with Crippen molar-refractivity contribution in [1.82, 2.24) is 29.7 Å². The third-order valence-corrected chi connectivity index (χ3v) is 5.24. The zero-order valence-electron chi connectivity index (χ0n) is 17.4. The molecule has 0 atom stereocenters. The highest BCUT2D eigenvalue weighted by Crippen LogP contribution is 2.26. The second-order valence-corrected chi connectivity index (χ2v) is 7.37. The number of hydrogen-bond acceptors (Lipinski definition) is 8. The first-order valence-corrected chi connectivity index (χ1v) is 9.97. The van der Waals surface area contributed by atoms with Crippen LogP contribution in [0.3, 0.4) is 0 Å². The van der Waals surface area contributed by atoms with Gasteiger partial charge in [-0.1, -0.05) is 17.3 Å². The molecule has 0 unspecified atom stereocenters. The molecule has 0 bridgehead atoms. The van der Waals surface area contributed by atoms with Crippen LogP contribution in [-0.4, -0.2) is 47.3 Å². The number of aryl methyl sites for hydroxylation is 2. The van der Waals surface area contributed by atoms with Gasteiger partial charge in [0.25, 0.3) is 0 Å². The fourth-order valence-corrected chi connectivity index (χ4v) is 3.62. The van der Waals surface area contributed by atoms with E-state index in [1.807, 2.05) is 35.9 Å². The minimum Gasteiger partial charge on any atom is -0.478 e. The van der Waals surface area contributed by atoms with E-state index in [0.717, 1.165) is 28.0 Å². The first-order chi connectivity index (χ1) is 15.5. The van der Waals surface area contributed by atoms with Gasteiger partial charge in [-0.2, -0.15) is 4.98 Å². The lowest BCUT2D eigenvalue weighted by atomic mass is 10.1. The molecule has 4 aromatic heterocycles. The van der Waals surface area contributed by atoms with Crippen LogP contribution in [0.1, 0.15) is 22.1 Å². The number of benzene rings is 1. The van der Waals surface area contributed by atoms with Gasteiger partial charge in [-0.15, -0.1) is 0 Å². The van der Waals surface area contributed by atoms with Crippen LogP contribution in [0, 0.1) is 6.92 Å². The third-order valence-electron chi connectivity index (χ3n) is 5.24. The lowest BCUT2D eigenvalue weighted by Gasteiger charge is -2.09. The largest absolute Gasteiger partial charge is 0.478 e. The molecule has 0 saturated heterocycles. The number of rotatable bonds is 6. The van der Waals surface area contributed by atoms with E-state index in [1.54, 1.807) is 13.1 Å². The van der Waals surface area contributed by atoms with Crippen molar-refractivity contribution in [2.24, 2.45) is 7.05 Å². The molecule has 32 heavy (non-hydrogen) atoms. The minimum atomic E-state index is -1.02. The molecule has 2 N–H and O–H groups in total. The smallest absolute Gasteiger partial charge is 0.337 e. The number of nitrogens with one attached hydrogen (secondary N) is 1. The zero-order chi connectivity index (χ0) is 22.2. The van der Waals surface area contributed by atoms with E-state index in [9.17, 15) is 4.79 Å². The van der Waals surface area contributed by atoms with Gasteiger partial charge in [-0.05, 0) is 23.6 Å². The maximum absolute atomic E-state index is 11.2. The molecule has 0 aliphatic carbocycles. The Hall–Kier alpha value is -4.34. The van der Waals surface area contributed by atoms with Gasteiger partial charge in [0.05, 0.1) is 5.56 Å². The molecule has 5 rings (SSSR count). The van der Waals surface area contributed by atoms with E-state index in [2.05, 4.69) is 30.4 Å². The summed E-state index contributed by atoms with van der Waals surface area (Å²) in [5, 5.41) is 18.5. The van der Waals surface area contributed by atoms with Crippen LogP contribution in [0.2, 0.25) is 0 Å². The molecule has 0 saturated carbocycles. The van der Waals surface area contributed by atoms with Gasteiger partial charge in [0.1, 0.15) is 17.2 Å². The topological polar surface area (TPSA) is 132 Å². The first-order valence-electron chi connectivity index (χ1n) is 9.97. The molecule has 5 aromatic rings. The number of fused-ring (bicyclic) bond motifs is 2. The van der Waals surface area contributed by atoms with Crippen molar-refractivity contribution in [3.8, 4) is 11.4 Å². The highest BCUT2D eigenvalue weighted by Gasteiger charge is 2.13. The average Bonchev–Trinajstić information content (AvgIpc) is 3.36. The molecule has 10 heteroatoms. The maximum Gasteiger partial charge on any atom is 0.337 e. The maximum atomic E-state index is 11.2. The van der Waals surface area contributed by atoms with Crippen LogP contribution in [0.4, 0.5) is 5.82 Å². The van der Waals surface area contributed by atoms with Gasteiger partial charge >= 0.3 is 5.97 Å². The van der Waals surface area contributed by atoms with Crippen molar-refractivity contribution in [2.75, 3.05) is 11.9 Å². The number of imidazole rings is 1. The Labute approximate surface area is 182 Å². The van der Waals surface area contributed by atoms with Gasteiger partial charge < -0.3 is 19.5 Å². The molecule has 0 radical (unpaired) electrons. The summed E-state index contributed by atoms with van der Waals surface area (Å²) in [5.74, 6) is 1.56. The predicted octanol–water partition coefficient (Wildman–Crippen LogP) is 3.23. The van der Waals surface area contributed by atoms with Crippen molar-refractivity contribution in [2.45, 2.75) is 13.3 Å². The summed E-state index contributed by atoms with van der Waals surface area (Å²) in [5.41, 5.74) is 2.17. The first kappa shape index (κ1) is 19.6. The molecule has 4 heterocycles. The van der Waals surface area contributed by atoms with E-state index in [0.29, 0.717) is 35.8 Å². The number of aromatic carboxylic acids is 1. The van der Waals surface area contributed by atoms with E-state index in [4.69, 9.17) is 9.63 Å². The normalized spacial score (nSPS) is 11.3. The summed E-state index contributed by atoms with van der Waals surface area (Å²) in [7, 11) is 1.87. The Morgan fingerprint density at radius 1 is 1.19 bits per heavy atom. The number of carboxylic acid groups (broad SMARTS) is 1. The van der Waals surface area contributed by atoms with Crippen molar-refractivity contribution in [3.63, 3.8) is 0 Å². The number of aromatic nitrogens is 6. The minimum absolute atomic E-state index is 0.118. The fourth-order valence-electron chi connectivity index (χ4n) is 3.62. The highest BCUT2D eigenvalue weighted by atomic mass is 16.5. The zero-order valence-corrected chi connectivity index (χ0v) is 17.4. The Morgan fingerprint density at radius 2 is 2.06 bits per heavy atom. The van der Waals surface area contributed by atoms with E-state index in [1.165, 1.54) is 12.3 Å². The molecule has 160 valence electrons. The van der Waals surface area contributed by atoms with Crippen molar-refractivity contribution in [3.05, 3.63) is 60.0 Å². The van der Waals surface area contributed by atoms with E-state index >= 15 is 0 Å². The van der Waals surface area contributed by atoms with Gasteiger partial charge in [0, 0.05) is 50.3 Å². The second kappa shape index (κ2) is 7.73. The van der Waals surface area contributed by atoms with E-state index in [-0.39, 0.29) is 5.56 Å². The van der Waals surface area contributed by atoms with Gasteiger partial charge in [0.15, 0.2) is 5.65 Å². The molecule has 10 nitrogen and oxygen atoms in total. The van der Waals surface area contributed by atoms with Crippen molar-refractivity contribution >= 4 is 33.7 Å². The summed E-state index contributed by atoms with van der Waals surface area (Å²) >= 11 is 0. The van der Waals surface area contributed by atoms with Crippen LogP contribution < -0.4 is 5.32 Å². The summed E-state index contributed by atoms with van der Waals surface area (Å²) in [6, 6.07) is 9.42. The van der Waals surface area contributed by atoms with Crippen LogP contribution in [0.25, 0.3) is 33.3 Å². The number of carbonyl (C=O) groups is 1. The Kier molecular flexibility index (Phi) is 4.74. The SMILES string of the molecule is Cc1nc(-c2ccc3ccnc(NCCc4nc5cc(C(=O)O)cnc5n4C)c3c2)no1. The molecule has 1 aromatic carbocycles. The quantitative estimate of drug-likeness (QED) is 0.417. The Balaban J connectivity index is 1.38. The van der Waals surface area contributed by atoms with Crippen molar-refractivity contribution in [1.29, 1.82) is 0 Å². The molecule has 0 aliphatic rings. The molecule has 0 amide bonds. The molecule has 0 spiro atoms. The van der Waals surface area contributed by atoms with Crippen LogP contribution in [-0.2, 0) is 13.5 Å². The predicted molar refractivity (Wildman–Crippen MR) is 117 cm³/mol. The van der Waals surface area contributed by atoms with Gasteiger partial charge in [-0.25, -0.2) is 19.7 Å². The van der Waals surface area contributed by atoms with Crippen molar-refractivity contribution < 1.29 is 14.4 Å². The van der Waals surface area contributed by atoms with Gasteiger partial charge in [0.2, 0.25) is 11.7 Å². The van der Waals surface area contributed by atoms with Crippen LogP contribution in [0.15, 0.2) is 47.2 Å². The molecular formula is C22H19N7O3. The monoisotopic (exact) mass is 429 g/mol. The molecular weight excluding hydrogens is 410 g/mol. The van der Waals surface area contributed by atoms with Gasteiger partial charge in [-0.3, -0.25) is 0 Å². The standard InChI is InChI=1S/C22H19N7O3/c1-12-26-19(28-32-12)14-4-3-13-5-7-23-20(16(13)9-14)24-8-6-18-27-17-10-15(22(30)31)11-25-21(17)29(18)2/h3-5,7,9-11H,6,8H2,1-2H3,(H,23,24)(H,30,31). The highest BCUT2D eigenvalue weighted by molar-refractivity contribution is 5.94. The Morgan fingerprint density at radius 3 is 2.84 bits per heavy atom. The summed E-state index contributed by atoms with van der Waals surface area (Å²) in [4.78, 5) is 28.8. The summed E-state index contributed by atoms with van der Waals surface area (Å²) < 4.78 is 6.96. The Bertz CT molecular complexity index is 1470. The van der Waals surface area contributed by atoms with Crippen LogP contribution in [0.5, 0.6) is 0 Å². The summed E-state index contributed by atoms with van der Waals surface area (Å²) in [6.07, 6.45) is 3.71. The fraction of sp³-hybridized carbons (Fsp3) is 0.182. The van der Waals surface area contributed by atoms with E-state index < -0.39 is 5.97 Å². The number of anilines is 1.